The number of rotatable bonds is 4. The van der Waals surface area contributed by atoms with Gasteiger partial charge in [0.25, 0.3) is 0 Å². The molecule has 2 aromatic rings. The quantitative estimate of drug-likeness (QED) is 0.914. The Morgan fingerprint density at radius 3 is 3.11 bits per heavy atom. The number of thiazole rings is 1. The van der Waals surface area contributed by atoms with Crippen LogP contribution >= 0.6 is 11.3 Å². The van der Waals surface area contributed by atoms with Gasteiger partial charge in [0.2, 0.25) is 0 Å². The summed E-state index contributed by atoms with van der Waals surface area (Å²) in [6.07, 6.45) is 6.83. The molecule has 1 aliphatic heterocycles. The zero-order valence-corrected chi connectivity index (χ0v) is 11.6. The average molecular weight is 264 g/mol. The molecule has 98 valence electrons. The summed E-state index contributed by atoms with van der Waals surface area (Å²) in [6, 6.07) is 0. The first-order chi connectivity index (χ1) is 8.81. The third-order valence-corrected chi connectivity index (χ3v) is 4.37. The molecule has 0 unspecified atom stereocenters. The first kappa shape index (κ1) is 12.1. The lowest BCUT2D eigenvalue weighted by Gasteiger charge is -2.27. The molecule has 0 spiro atoms. The summed E-state index contributed by atoms with van der Waals surface area (Å²) in [5, 5.41) is 5.49. The van der Waals surface area contributed by atoms with Gasteiger partial charge in [-0.15, -0.1) is 11.3 Å². The van der Waals surface area contributed by atoms with Gasteiger partial charge in [0.15, 0.2) is 4.96 Å². The van der Waals surface area contributed by atoms with E-state index in [4.69, 9.17) is 0 Å². The van der Waals surface area contributed by atoms with E-state index in [1.54, 1.807) is 11.3 Å². The van der Waals surface area contributed by atoms with E-state index in [2.05, 4.69) is 44.4 Å². The Morgan fingerprint density at radius 2 is 2.33 bits per heavy atom. The summed E-state index contributed by atoms with van der Waals surface area (Å²) in [5.41, 5.74) is 1.18. The van der Waals surface area contributed by atoms with E-state index in [0.29, 0.717) is 0 Å². The van der Waals surface area contributed by atoms with Crippen LogP contribution in [0.15, 0.2) is 17.8 Å². The Morgan fingerprint density at radius 1 is 1.50 bits per heavy atom. The van der Waals surface area contributed by atoms with Crippen molar-refractivity contribution in [2.45, 2.75) is 19.4 Å². The van der Waals surface area contributed by atoms with Gasteiger partial charge >= 0.3 is 0 Å². The minimum absolute atomic E-state index is 0.847. The van der Waals surface area contributed by atoms with Gasteiger partial charge in [-0.05, 0) is 38.9 Å². The Kier molecular flexibility index (Phi) is 3.63. The summed E-state index contributed by atoms with van der Waals surface area (Å²) in [7, 11) is 2.20. The molecule has 2 aromatic heterocycles. The van der Waals surface area contributed by atoms with E-state index in [1.165, 1.54) is 38.2 Å². The number of imidazole rings is 1. The fourth-order valence-electron chi connectivity index (χ4n) is 2.70. The molecule has 5 heteroatoms. The van der Waals surface area contributed by atoms with Gasteiger partial charge in [0.05, 0.1) is 5.69 Å². The lowest BCUT2D eigenvalue weighted by molar-refractivity contribution is 0.233. The average Bonchev–Trinajstić information content (AvgIpc) is 2.90. The van der Waals surface area contributed by atoms with E-state index < -0.39 is 0 Å². The molecule has 0 bridgehead atoms. The van der Waals surface area contributed by atoms with E-state index in [-0.39, 0.29) is 0 Å². The molecule has 1 aliphatic rings. The molecule has 3 rings (SSSR count). The third-order valence-electron chi connectivity index (χ3n) is 3.60. The monoisotopic (exact) mass is 264 g/mol. The van der Waals surface area contributed by atoms with Crippen LogP contribution in [-0.4, -0.2) is 41.0 Å². The van der Waals surface area contributed by atoms with Crippen LogP contribution in [0.3, 0.4) is 0 Å². The van der Waals surface area contributed by atoms with E-state index in [0.717, 1.165) is 17.4 Å². The van der Waals surface area contributed by atoms with Crippen molar-refractivity contribution >= 4 is 16.3 Å². The highest BCUT2D eigenvalue weighted by molar-refractivity contribution is 7.15. The van der Waals surface area contributed by atoms with Crippen LogP contribution in [0.4, 0.5) is 0 Å². The molecule has 4 nitrogen and oxygen atoms in total. The molecule has 3 heterocycles. The molecule has 0 aromatic carbocycles. The summed E-state index contributed by atoms with van der Waals surface area (Å²) >= 11 is 1.70. The van der Waals surface area contributed by atoms with E-state index in [9.17, 15) is 0 Å². The van der Waals surface area contributed by atoms with Crippen molar-refractivity contribution < 1.29 is 0 Å². The fraction of sp³-hybridized carbons (Fsp3) is 0.615. The van der Waals surface area contributed by atoms with Crippen molar-refractivity contribution in [3.63, 3.8) is 0 Å². The van der Waals surface area contributed by atoms with Crippen molar-refractivity contribution in [2.24, 2.45) is 5.92 Å². The first-order valence-electron chi connectivity index (χ1n) is 6.61. The first-order valence-corrected chi connectivity index (χ1v) is 7.49. The molecule has 1 saturated heterocycles. The van der Waals surface area contributed by atoms with Crippen LogP contribution in [0.2, 0.25) is 0 Å². The smallest absolute Gasteiger partial charge is 0.193 e. The minimum Gasteiger partial charge on any atom is -0.317 e. The maximum atomic E-state index is 4.63. The lowest BCUT2D eigenvalue weighted by Crippen LogP contribution is -2.34. The molecular formula is C13H20N4S. The van der Waals surface area contributed by atoms with Crippen LogP contribution in [0, 0.1) is 5.92 Å². The second kappa shape index (κ2) is 5.38. The number of hydrogen-bond acceptors (Lipinski definition) is 4. The number of piperidine rings is 1. The summed E-state index contributed by atoms with van der Waals surface area (Å²) in [4.78, 5) is 8.14. The number of fused-ring (bicyclic) bond motifs is 1. The Labute approximate surface area is 112 Å². The Balaban J connectivity index is 1.56. The largest absolute Gasteiger partial charge is 0.317 e. The van der Waals surface area contributed by atoms with Crippen LogP contribution < -0.4 is 5.32 Å². The number of nitrogens with zero attached hydrogens (tertiary/aromatic N) is 3. The zero-order valence-electron chi connectivity index (χ0n) is 10.8. The highest BCUT2D eigenvalue weighted by atomic mass is 32.1. The molecule has 18 heavy (non-hydrogen) atoms. The molecule has 0 aliphatic carbocycles. The Hall–Kier alpha value is -0.910. The molecular weight excluding hydrogens is 244 g/mol. The van der Waals surface area contributed by atoms with Crippen LogP contribution in [0.25, 0.3) is 4.96 Å². The van der Waals surface area contributed by atoms with Gasteiger partial charge in [-0.25, -0.2) is 4.98 Å². The highest BCUT2D eigenvalue weighted by Crippen LogP contribution is 2.15. The predicted molar refractivity (Wildman–Crippen MR) is 75.0 cm³/mol. The highest BCUT2D eigenvalue weighted by Gasteiger charge is 2.15. The van der Waals surface area contributed by atoms with Gasteiger partial charge in [-0.3, -0.25) is 4.40 Å². The van der Waals surface area contributed by atoms with Gasteiger partial charge in [-0.2, -0.15) is 0 Å². The van der Waals surface area contributed by atoms with Crippen LogP contribution in [0.5, 0.6) is 0 Å². The molecule has 0 radical (unpaired) electrons. The maximum Gasteiger partial charge on any atom is 0.193 e. The molecule has 0 amide bonds. The second-order valence-electron chi connectivity index (χ2n) is 5.22. The third kappa shape index (κ3) is 2.74. The SMILES string of the molecule is CN(Cc1cn2ccsc2n1)CC1CCNCC1. The summed E-state index contributed by atoms with van der Waals surface area (Å²) in [6.45, 7) is 4.50. The molecule has 0 atom stereocenters. The van der Waals surface area contributed by atoms with Gasteiger partial charge < -0.3 is 10.2 Å². The number of aromatic nitrogens is 2. The normalized spacial score (nSPS) is 17.9. The van der Waals surface area contributed by atoms with Gasteiger partial charge in [0, 0.05) is 30.9 Å². The van der Waals surface area contributed by atoms with Gasteiger partial charge in [0.1, 0.15) is 0 Å². The fourth-order valence-corrected chi connectivity index (χ4v) is 3.42. The zero-order chi connectivity index (χ0) is 12.4. The topological polar surface area (TPSA) is 32.6 Å². The Bertz CT molecular complexity index is 469. The second-order valence-corrected chi connectivity index (χ2v) is 6.09. The van der Waals surface area contributed by atoms with Crippen LogP contribution in [-0.2, 0) is 6.54 Å². The van der Waals surface area contributed by atoms with E-state index in [1.807, 2.05) is 0 Å². The van der Waals surface area contributed by atoms with Crippen molar-refractivity contribution in [2.75, 3.05) is 26.7 Å². The van der Waals surface area contributed by atoms with Crippen molar-refractivity contribution in [1.29, 1.82) is 0 Å². The summed E-state index contributed by atoms with van der Waals surface area (Å²) in [5.74, 6) is 0.847. The van der Waals surface area contributed by atoms with Crippen molar-refractivity contribution in [3.05, 3.63) is 23.5 Å². The standard InChI is InChI=1S/C13H20N4S/c1-16(8-11-2-4-14-5-3-11)9-12-10-17-6-7-18-13(17)15-12/h6-7,10-11,14H,2-5,8-9H2,1H3. The van der Waals surface area contributed by atoms with Crippen LogP contribution in [0.1, 0.15) is 18.5 Å². The predicted octanol–water partition coefficient (Wildman–Crippen LogP) is 1.83. The van der Waals surface area contributed by atoms with Crippen molar-refractivity contribution in [3.8, 4) is 0 Å². The van der Waals surface area contributed by atoms with Gasteiger partial charge in [-0.1, -0.05) is 0 Å². The molecule has 1 N–H and O–H groups in total. The van der Waals surface area contributed by atoms with Crippen molar-refractivity contribution in [1.82, 2.24) is 19.6 Å². The lowest BCUT2D eigenvalue weighted by atomic mass is 9.98. The maximum absolute atomic E-state index is 4.63. The summed E-state index contributed by atoms with van der Waals surface area (Å²) < 4.78 is 2.11. The van der Waals surface area contributed by atoms with E-state index >= 15 is 0 Å². The number of hydrogen-bond donors (Lipinski definition) is 1. The molecule has 0 saturated carbocycles. The molecule has 1 fully saturated rings. The minimum atomic E-state index is 0.847. The number of nitrogens with one attached hydrogen (secondary N) is 1.